The first-order valence-corrected chi connectivity index (χ1v) is 4.75. The Morgan fingerprint density at radius 1 is 1.57 bits per heavy atom. The molecule has 1 aromatic carbocycles. The maximum absolute atomic E-state index is 11.0. The molecule has 0 atom stereocenters. The number of hydrogen-bond donors (Lipinski definition) is 0. The van der Waals surface area contributed by atoms with Crippen LogP contribution in [0.2, 0.25) is 5.02 Å². The van der Waals surface area contributed by atoms with Gasteiger partial charge in [-0.1, -0.05) is 11.6 Å². The normalized spacial score (nSPS) is 9.93. The van der Waals surface area contributed by atoms with Gasteiger partial charge in [-0.3, -0.25) is 14.9 Å². The zero-order chi connectivity index (χ0) is 10.9. The number of carbonyl (C=O) groups is 1. The highest BCUT2D eigenvalue weighted by Crippen LogP contribution is 2.33. The maximum atomic E-state index is 11.0. The van der Waals surface area contributed by atoms with Crippen molar-refractivity contribution < 1.29 is 9.72 Å². The van der Waals surface area contributed by atoms with Gasteiger partial charge < -0.3 is 0 Å². The van der Waals surface area contributed by atoms with Crippen LogP contribution in [-0.2, 0) is 0 Å². The van der Waals surface area contributed by atoms with Gasteiger partial charge in [-0.2, -0.15) is 0 Å². The maximum Gasteiger partial charge on any atom is 0.289 e. The number of ketones is 1. The molecule has 4 nitrogen and oxygen atoms in total. The minimum atomic E-state index is -0.625. The second kappa shape index (κ2) is 4.06. The molecular formula is C8H5BrClNO3. The summed E-state index contributed by atoms with van der Waals surface area (Å²) < 4.78 is 0.346. The molecule has 0 unspecified atom stereocenters. The van der Waals surface area contributed by atoms with Gasteiger partial charge in [0.1, 0.15) is 5.02 Å². The third-order valence-electron chi connectivity index (χ3n) is 1.61. The number of rotatable bonds is 2. The van der Waals surface area contributed by atoms with Crippen molar-refractivity contribution in [3.05, 3.63) is 37.3 Å². The molecule has 0 aliphatic rings. The van der Waals surface area contributed by atoms with Crippen LogP contribution in [0.3, 0.4) is 0 Å². The first-order chi connectivity index (χ1) is 6.43. The van der Waals surface area contributed by atoms with E-state index >= 15 is 0 Å². The summed E-state index contributed by atoms with van der Waals surface area (Å²) >= 11 is 8.71. The number of nitro benzene ring substituents is 1. The van der Waals surface area contributed by atoms with Crippen LogP contribution in [0.1, 0.15) is 17.3 Å². The Kier molecular flexibility index (Phi) is 3.23. The van der Waals surface area contributed by atoms with E-state index in [1.54, 1.807) is 0 Å². The van der Waals surface area contributed by atoms with Gasteiger partial charge >= 0.3 is 0 Å². The Balaban J connectivity index is 3.43. The summed E-state index contributed by atoms with van der Waals surface area (Å²) in [7, 11) is 0. The molecule has 0 amide bonds. The largest absolute Gasteiger partial charge is 0.295 e. The molecule has 0 heterocycles. The Bertz CT molecular complexity index is 419. The molecule has 0 spiro atoms. The van der Waals surface area contributed by atoms with E-state index in [2.05, 4.69) is 15.9 Å². The number of halogens is 2. The second-order valence-corrected chi connectivity index (χ2v) is 3.84. The lowest BCUT2D eigenvalue weighted by atomic mass is 10.1. The molecule has 0 fully saturated rings. The molecule has 0 N–H and O–H groups in total. The van der Waals surface area contributed by atoms with Crippen molar-refractivity contribution >= 4 is 39.0 Å². The van der Waals surface area contributed by atoms with Crippen LogP contribution in [-0.4, -0.2) is 10.7 Å². The smallest absolute Gasteiger partial charge is 0.289 e. The summed E-state index contributed by atoms with van der Waals surface area (Å²) in [6, 6.07) is 2.62. The number of hydrogen-bond acceptors (Lipinski definition) is 3. The minimum absolute atomic E-state index is 0.000000000000000444. The van der Waals surface area contributed by atoms with E-state index in [0.717, 1.165) is 6.07 Å². The van der Waals surface area contributed by atoms with Crippen molar-refractivity contribution in [2.75, 3.05) is 0 Å². The molecule has 0 aromatic heterocycles. The zero-order valence-electron chi connectivity index (χ0n) is 7.08. The quantitative estimate of drug-likeness (QED) is 0.474. The van der Waals surface area contributed by atoms with Crippen LogP contribution in [0.5, 0.6) is 0 Å². The second-order valence-electron chi connectivity index (χ2n) is 2.60. The Hall–Kier alpha value is -0.940. The molecule has 1 aromatic rings. The van der Waals surface area contributed by atoms with Crippen LogP contribution < -0.4 is 0 Å². The number of nitro groups is 1. The summed E-state index contributed by atoms with van der Waals surface area (Å²) in [5.41, 5.74) is -0.0146. The standard InChI is InChI=1S/C8H5BrClNO3/c1-4(12)5-2-6(9)8(10)7(3-5)11(13)14/h2-3H,1H3. The molecule has 14 heavy (non-hydrogen) atoms. The topological polar surface area (TPSA) is 60.2 Å². The van der Waals surface area contributed by atoms with Crippen molar-refractivity contribution in [3.8, 4) is 0 Å². The van der Waals surface area contributed by atoms with Gasteiger partial charge in [0.05, 0.1) is 4.92 Å². The first-order valence-electron chi connectivity index (χ1n) is 3.58. The average molecular weight is 278 g/mol. The molecule has 1 rings (SSSR count). The number of Topliss-reactive ketones (excluding diaryl/α,β-unsaturated/α-hetero) is 1. The number of nitrogens with zero attached hydrogens (tertiary/aromatic N) is 1. The highest BCUT2D eigenvalue weighted by molar-refractivity contribution is 9.10. The Labute approximate surface area is 93.1 Å². The highest BCUT2D eigenvalue weighted by atomic mass is 79.9. The van der Waals surface area contributed by atoms with Gasteiger partial charge in [-0.05, 0) is 28.9 Å². The van der Waals surface area contributed by atoms with E-state index in [1.165, 1.54) is 13.0 Å². The molecule has 0 radical (unpaired) electrons. The molecule has 6 heteroatoms. The summed E-state index contributed by atoms with van der Waals surface area (Å²) in [4.78, 5) is 20.9. The van der Waals surface area contributed by atoms with Gasteiger partial charge in [-0.25, -0.2) is 0 Å². The highest BCUT2D eigenvalue weighted by Gasteiger charge is 2.18. The molecule has 0 bridgehead atoms. The van der Waals surface area contributed by atoms with Crippen molar-refractivity contribution in [1.29, 1.82) is 0 Å². The third kappa shape index (κ3) is 2.10. The van der Waals surface area contributed by atoms with Crippen molar-refractivity contribution in [2.24, 2.45) is 0 Å². The van der Waals surface area contributed by atoms with Gasteiger partial charge in [0.2, 0.25) is 0 Å². The average Bonchev–Trinajstić information content (AvgIpc) is 2.08. The predicted octanol–water partition coefficient (Wildman–Crippen LogP) is 3.21. The minimum Gasteiger partial charge on any atom is -0.295 e. The van der Waals surface area contributed by atoms with Crippen LogP contribution in [0.15, 0.2) is 16.6 Å². The SMILES string of the molecule is CC(=O)c1cc(Br)c(Cl)c([N+](=O)[O-])c1. The lowest BCUT2D eigenvalue weighted by Gasteiger charge is -2.00. The van der Waals surface area contributed by atoms with E-state index in [4.69, 9.17) is 11.6 Å². The first kappa shape index (κ1) is 11.1. The Morgan fingerprint density at radius 3 is 2.57 bits per heavy atom. The fourth-order valence-corrected chi connectivity index (χ4v) is 1.54. The van der Waals surface area contributed by atoms with Crippen LogP contribution in [0, 0.1) is 10.1 Å². The van der Waals surface area contributed by atoms with Crippen molar-refractivity contribution in [2.45, 2.75) is 6.92 Å². The van der Waals surface area contributed by atoms with Crippen LogP contribution in [0.25, 0.3) is 0 Å². The Morgan fingerprint density at radius 2 is 2.14 bits per heavy atom. The van der Waals surface area contributed by atoms with E-state index in [1.807, 2.05) is 0 Å². The van der Waals surface area contributed by atoms with E-state index in [9.17, 15) is 14.9 Å². The third-order valence-corrected chi connectivity index (χ3v) is 2.86. The van der Waals surface area contributed by atoms with Gasteiger partial charge in [0.15, 0.2) is 5.78 Å². The monoisotopic (exact) mass is 277 g/mol. The number of benzene rings is 1. The zero-order valence-corrected chi connectivity index (χ0v) is 9.42. The van der Waals surface area contributed by atoms with Crippen molar-refractivity contribution in [3.63, 3.8) is 0 Å². The predicted molar refractivity (Wildman–Crippen MR) is 55.8 cm³/mol. The lowest BCUT2D eigenvalue weighted by molar-refractivity contribution is -0.384. The number of carbonyl (C=O) groups excluding carboxylic acids is 1. The van der Waals surface area contributed by atoms with Crippen molar-refractivity contribution in [1.82, 2.24) is 0 Å². The van der Waals surface area contributed by atoms with Gasteiger partial charge in [-0.15, -0.1) is 0 Å². The van der Waals surface area contributed by atoms with Gasteiger partial charge in [0.25, 0.3) is 5.69 Å². The molecule has 0 saturated carbocycles. The molecule has 0 aliphatic heterocycles. The molecular weight excluding hydrogens is 273 g/mol. The summed E-state index contributed by atoms with van der Waals surface area (Å²) in [6.45, 7) is 1.33. The fourth-order valence-electron chi connectivity index (χ4n) is 0.911. The fraction of sp³-hybridized carbons (Fsp3) is 0.125. The van der Waals surface area contributed by atoms with E-state index < -0.39 is 4.92 Å². The van der Waals surface area contributed by atoms with Crippen LogP contribution in [0.4, 0.5) is 5.69 Å². The summed E-state index contributed by atoms with van der Waals surface area (Å²) in [5.74, 6) is -0.245. The molecule has 0 aliphatic carbocycles. The van der Waals surface area contributed by atoms with E-state index in [-0.39, 0.29) is 22.1 Å². The summed E-state index contributed by atoms with van der Waals surface area (Å²) in [5, 5.41) is 10.5. The van der Waals surface area contributed by atoms with E-state index in [0.29, 0.717) is 4.47 Å². The lowest BCUT2D eigenvalue weighted by Crippen LogP contribution is -1.96. The molecule has 74 valence electrons. The van der Waals surface area contributed by atoms with Gasteiger partial charge in [0, 0.05) is 16.1 Å². The molecule has 0 saturated heterocycles. The summed E-state index contributed by atoms with van der Waals surface area (Å²) in [6.07, 6.45) is 0. The van der Waals surface area contributed by atoms with Crippen LogP contribution >= 0.6 is 27.5 Å².